The zero-order chi connectivity index (χ0) is 39.3. The topological polar surface area (TPSA) is 99.1 Å². The lowest BCUT2D eigenvalue weighted by atomic mass is 10.1. The maximum Gasteiger partial charge on any atom is 0.362 e. The fourth-order valence-electron chi connectivity index (χ4n) is 5.26. The molecule has 8 heteroatoms. The molecule has 8 nitrogen and oxygen atoms in total. The van der Waals surface area contributed by atoms with Gasteiger partial charge in [-0.05, 0) is 70.6 Å². The monoisotopic (exact) mass is 741 g/mol. The highest BCUT2D eigenvalue weighted by atomic mass is 16.6. The van der Waals surface area contributed by atoms with Crippen molar-refractivity contribution < 1.29 is 38.2 Å². The Bertz CT molecular complexity index is 1140. The number of aliphatic carboxylic acids is 1. The SMILES string of the molecule is CC/C=C/C=C/C=C/CCCCCCCC(=O)OC(COCCC(C(=O)O)[N+](C)(C)C)COC(=O)CCCCC/C=C/C/C=C/C/C=C/C/C=C/CC. The van der Waals surface area contributed by atoms with Crippen LogP contribution in [0.25, 0.3) is 0 Å². The van der Waals surface area contributed by atoms with Crippen molar-refractivity contribution in [2.24, 2.45) is 0 Å². The first-order valence-electron chi connectivity index (χ1n) is 20.2. The maximum absolute atomic E-state index is 12.7. The Balaban J connectivity index is 4.50. The first-order chi connectivity index (χ1) is 25.6. The van der Waals surface area contributed by atoms with Crippen LogP contribution in [0.2, 0.25) is 0 Å². The van der Waals surface area contributed by atoms with Crippen molar-refractivity contribution in [3.8, 4) is 0 Å². The van der Waals surface area contributed by atoms with Crippen molar-refractivity contribution in [2.45, 2.75) is 142 Å². The summed E-state index contributed by atoms with van der Waals surface area (Å²) in [6.07, 6.45) is 44.8. The second kappa shape index (κ2) is 35.5. The van der Waals surface area contributed by atoms with Gasteiger partial charge in [-0.3, -0.25) is 9.59 Å². The average molecular weight is 741 g/mol. The van der Waals surface area contributed by atoms with E-state index >= 15 is 0 Å². The zero-order valence-electron chi connectivity index (χ0n) is 33.9. The molecule has 0 rings (SSSR count). The van der Waals surface area contributed by atoms with Gasteiger partial charge in [-0.2, -0.15) is 0 Å². The number of rotatable bonds is 34. The number of likely N-dealkylation sites (N-methyl/N-ethyl adjacent to an activating group) is 1. The van der Waals surface area contributed by atoms with Gasteiger partial charge in [-0.1, -0.05) is 125 Å². The van der Waals surface area contributed by atoms with E-state index in [0.717, 1.165) is 96.3 Å². The van der Waals surface area contributed by atoms with E-state index in [-0.39, 0.29) is 36.2 Å². The molecule has 53 heavy (non-hydrogen) atoms. The molecule has 0 fully saturated rings. The number of allylic oxidation sites excluding steroid dienone is 14. The van der Waals surface area contributed by atoms with Gasteiger partial charge < -0.3 is 23.8 Å². The van der Waals surface area contributed by atoms with Crippen molar-refractivity contribution >= 4 is 17.9 Å². The molecule has 0 aromatic rings. The molecule has 2 unspecified atom stereocenters. The van der Waals surface area contributed by atoms with E-state index < -0.39 is 18.1 Å². The fraction of sp³-hybridized carbons (Fsp3) is 0.622. The second-order valence-corrected chi connectivity index (χ2v) is 14.2. The van der Waals surface area contributed by atoms with Gasteiger partial charge in [0.2, 0.25) is 0 Å². The Labute approximate surface area is 323 Å². The molecule has 2 atom stereocenters. The molecule has 0 saturated carbocycles. The van der Waals surface area contributed by atoms with Gasteiger partial charge in [-0.25, -0.2) is 4.79 Å². The Hall–Kier alpha value is -3.49. The molecule has 0 spiro atoms. The molecule has 0 amide bonds. The molecule has 0 aliphatic carbocycles. The second-order valence-electron chi connectivity index (χ2n) is 14.2. The third kappa shape index (κ3) is 34.1. The Morgan fingerprint density at radius 3 is 1.70 bits per heavy atom. The van der Waals surface area contributed by atoms with Gasteiger partial charge in [0.05, 0.1) is 34.4 Å². The molecule has 0 aromatic carbocycles. The van der Waals surface area contributed by atoms with Crippen LogP contribution in [0, 0.1) is 0 Å². The largest absolute Gasteiger partial charge is 0.477 e. The normalized spacial score (nSPS) is 13.9. The fourth-order valence-corrected chi connectivity index (χ4v) is 5.26. The summed E-state index contributed by atoms with van der Waals surface area (Å²) >= 11 is 0. The lowest BCUT2D eigenvalue weighted by Crippen LogP contribution is -2.50. The van der Waals surface area contributed by atoms with Crippen LogP contribution in [0.1, 0.15) is 129 Å². The minimum Gasteiger partial charge on any atom is -0.477 e. The van der Waals surface area contributed by atoms with E-state index in [2.05, 4.69) is 86.8 Å². The number of carboxylic acid groups (broad SMARTS) is 1. The molecule has 0 aromatic heterocycles. The van der Waals surface area contributed by atoms with E-state index in [1.165, 1.54) is 0 Å². The zero-order valence-corrected chi connectivity index (χ0v) is 33.9. The summed E-state index contributed by atoms with van der Waals surface area (Å²) in [4.78, 5) is 36.9. The summed E-state index contributed by atoms with van der Waals surface area (Å²) in [5.74, 6) is -1.55. The van der Waals surface area contributed by atoms with Crippen LogP contribution in [0.3, 0.4) is 0 Å². The quantitative estimate of drug-likeness (QED) is 0.0230. The van der Waals surface area contributed by atoms with Gasteiger partial charge in [-0.15, -0.1) is 0 Å². The molecule has 0 heterocycles. The molecule has 1 N–H and O–H groups in total. The summed E-state index contributed by atoms with van der Waals surface area (Å²) in [6, 6.07) is -0.627. The maximum atomic E-state index is 12.7. The van der Waals surface area contributed by atoms with Crippen LogP contribution in [0.4, 0.5) is 0 Å². The van der Waals surface area contributed by atoms with E-state index in [1.54, 1.807) is 0 Å². The standard InChI is InChI=1S/C45H73NO7/c1-6-8-10-12-14-16-18-20-21-22-24-25-27-29-31-33-35-43(47)52-40-41(39-51-38-37-42(45(49)50)46(3,4)5)53-44(48)36-34-32-30-28-26-23-19-17-15-13-11-9-7-2/h8-11,13-17,19-21,24-25,41-42H,6-7,12,18,22-23,26-40H2,1-5H3/p+1/b10-8+,11-9+,15-13+,16-14+,19-17+,21-20+,25-24+. The number of hydrogen-bond donors (Lipinski definition) is 1. The van der Waals surface area contributed by atoms with E-state index in [0.29, 0.717) is 19.3 Å². The van der Waals surface area contributed by atoms with Crippen LogP contribution in [-0.2, 0) is 28.6 Å². The summed E-state index contributed by atoms with van der Waals surface area (Å²) in [5, 5.41) is 9.60. The highest BCUT2D eigenvalue weighted by Gasteiger charge is 2.31. The number of carbonyl (C=O) groups is 3. The molecule has 0 bridgehead atoms. The first kappa shape index (κ1) is 49.5. The predicted molar refractivity (Wildman–Crippen MR) is 220 cm³/mol. The van der Waals surface area contributed by atoms with Gasteiger partial charge in [0, 0.05) is 19.3 Å². The van der Waals surface area contributed by atoms with Crippen molar-refractivity contribution in [3.63, 3.8) is 0 Å². The van der Waals surface area contributed by atoms with Crippen molar-refractivity contribution in [1.29, 1.82) is 0 Å². The number of hydrogen-bond acceptors (Lipinski definition) is 6. The van der Waals surface area contributed by atoms with Gasteiger partial charge in [0.1, 0.15) is 6.61 Å². The number of esters is 2. The highest BCUT2D eigenvalue weighted by Crippen LogP contribution is 2.12. The number of unbranched alkanes of at least 4 members (excludes halogenated alkanes) is 8. The summed E-state index contributed by atoms with van der Waals surface area (Å²) in [5.41, 5.74) is 0. The number of ether oxygens (including phenoxy) is 3. The average Bonchev–Trinajstić information content (AvgIpc) is 3.11. The van der Waals surface area contributed by atoms with Crippen LogP contribution >= 0.6 is 0 Å². The van der Waals surface area contributed by atoms with Gasteiger partial charge in [0.25, 0.3) is 0 Å². The van der Waals surface area contributed by atoms with Crippen LogP contribution in [0.15, 0.2) is 85.1 Å². The van der Waals surface area contributed by atoms with E-state index in [4.69, 9.17) is 14.2 Å². The van der Waals surface area contributed by atoms with Gasteiger partial charge >= 0.3 is 17.9 Å². The van der Waals surface area contributed by atoms with Crippen molar-refractivity contribution in [1.82, 2.24) is 0 Å². The Morgan fingerprint density at radius 2 is 1.09 bits per heavy atom. The highest BCUT2D eigenvalue weighted by molar-refractivity contribution is 5.72. The van der Waals surface area contributed by atoms with Crippen LogP contribution in [0.5, 0.6) is 0 Å². The lowest BCUT2D eigenvalue weighted by molar-refractivity contribution is -0.887. The minimum atomic E-state index is -0.888. The Morgan fingerprint density at radius 1 is 0.585 bits per heavy atom. The Kier molecular flexibility index (Phi) is 33.2. The van der Waals surface area contributed by atoms with E-state index in [1.807, 2.05) is 33.3 Å². The number of nitrogens with zero attached hydrogens (tertiary/aromatic N) is 1. The molecule has 0 saturated heterocycles. The minimum absolute atomic E-state index is 0.0367. The molecular weight excluding hydrogens is 666 g/mol. The number of carboxylic acids is 1. The smallest absolute Gasteiger partial charge is 0.362 e. The third-order valence-electron chi connectivity index (χ3n) is 8.35. The van der Waals surface area contributed by atoms with E-state index in [9.17, 15) is 19.5 Å². The van der Waals surface area contributed by atoms with Crippen LogP contribution in [-0.4, -0.2) is 80.6 Å². The molecule has 300 valence electrons. The summed E-state index contributed by atoms with van der Waals surface area (Å²) in [6.45, 7) is 4.40. The summed E-state index contributed by atoms with van der Waals surface area (Å²) in [7, 11) is 5.49. The summed E-state index contributed by atoms with van der Waals surface area (Å²) < 4.78 is 17.2. The van der Waals surface area contributed by atoms with Crippen molar-refractivity contribution in [2.75, 3.05) is 41.0 Å². The lowest BCUT2D eigenvalue weighted by Gasteiger charge is -2.31. The van der Waals surface area contributed by atoms with Crippen LogP contribution < -0.4 is 0 Å². The van der Waals surface area contributed by atoms with Gasteiger partial charge in [0.15, 0.2) is 12.1 Å². The first-order valence-corrected chi connectivity index (χ1v) is 20.2. The third-order valence-corrected chi connectivity index (χ3v) is 8.35. The molecule has 0 aliphatic rings. The number of carbonyl (C=O) groups excluding carboxylic acids is 2. The number of quaternary nitrogens is 1. The van der Waals surface area contributed by atoms with Crippen molar-refractivity contribution in [3.05, 3.63) is 85.1 Å². The molecule has 0 radical (unpaired) electrons. The predicted octanol–water partition coefficient (Wildman–Crippen LogP) is 10.6. The molecular formula is C45H74NO7+. The molecule has 0 aliphatic heterocycles.